The highest BCUT2D eigenvalue weighted by atomic mass is 19.1. The number of phenols is 1. The minimum absolute atomic E-state index is 0.209. The Labute approximate surface area is 124 Å². The van der Waals surface area contributed by atoms with Gasteiger partial charge in [-0.25, -0.2) is 4.39 Å². The number of phenolic OH excluding ortho intramolecular Hbond substituents is 1. The molecule has 0 radical (unpaired) electrons. The van der Waals surface area contributed by atoms with E-state index in [0.717, 1.165) is 23.3 Å². The van der Waals surface area contributed by atoms with Gasteiger partial charge in [0.15, 0.2) is 0 Å². The minimum Gasteiger partial charge on any atom is -0.508 e. The van der Waals surface area contributed by atoms with Crippen LogP contribution in [-0.2, 0) is 13.0 Å². The van der Waals surface area contributed by atoms with Gasteiger partial charge in [0.05, 0.1) is 7.11 Å². The highest BCUT2D eigenvalue weighted by molar-refractivity contribution is 5.39. The van der Waals surface area contributed by atoms with Crippen LogP contribution in [0.4, 0.5) is 4.39 Å². The fourth-order valence-electron chi connectivity index (χ4n) is 2.16. The van der Waals surface area contributed by atoms with Crippen molar-refractivity contribution in [3.05, 3.63) is 59.4 Å². The van der Waals surface area contributed by atoms with Crippen molar-refractivity contribution in [2.45, 2.75) is 25.9 Å². The molecule has 2 aromatic carbocycles. The Morgan fingerprint density at radius 3 is 2.57 bits per heavy atom. The molecule has 0 spiro atoms. The second-order valence-corrected chi connectivity index (χ2v) is 5.11. The monoisotopic (exact) mass is 289 g/mol. The third-order valence-corrected chi connectivity index (χ3v) is 3.38. The standard InChI is InChI=1S/C17H20FNO2/c1-12(9-13-3-5-15(18)6-4-13)19-11-14-10-16(21-2)7-8-17(14)20/h3-8,10,12,19-20H,9,11H2,1-2H3. The number of benzene rings is 2. The summed E-state index contributed by atoms with van der Waals surface area (Å²) in [4.78, 5) is 0. The fraction of sp³-hybridized carbons (Fsp3) is 0.294. The zero-order valence-electron chi connectivity index (χ0n) is 12.3. The summed E-state index contributed by atoms with van der Waals surface area (Å²) < 4.78 is 18.0. The molecule has 0 fully saturated rings. The molecule has 0 saturated heterocycles. The van der Waals surface area contributed by atoms with Crippen LogP contribution < -0.4 is 10.1 Å². The zero-order chi connectivity index (χ0) is 15.2. The van der Waals surface area contributed by atoms with E-state index in [2.05, 4.69) is 12.2 Å². The first-order valence-corrected chi connectivity index (χ1v) is 6.92. The molecule has 2 rings (SSSR count). The SMILES string of the molecule is COc1ccc(O)c(CNC(C)Cc2ccc(F)cc2)c1. The molecule has 0 aromatic heterocycles. The molecule has 0 bridgehead atoms. The van der Waals surface area contributed by atoms with Gasteiger partial charge in [0.2, 0.25) is 0 Å². The van der Waals surface area contributed by atoms with E-state index in [0.29, 0.717) is 6.54 Å². The lowest BCUT2D eigenvalue weighted by Gasteiger charge is -2.15. The van der Waals surface area contributed by atoms with Crippen LogP contribution in [0.25, 0.3) is 0 Å². The molecule has 0 amide bonds. The lowest BCUT2D eigenvalue weighted by atomic mass is 10.1. The molecule has 1 unspecified atom stereocenters. The Morgan fingerprint density at radius 1 is 1.19 bits per heavy atom. The number of methoxy groups -OCH3 is 1. The molecule has 2 N–H and O–H groups in total. The summed E-state index contributed by atoms with van der Waals surface area (Å²) in [6.07, 6.45) is 0.797. The van der Waals surface area contributed by atoms with Crippen LogP contribution in [0, 0.1) is 5.82 Å². The van der Waals surface area contributed by atoms with E-state index < -0.39 is 0 Å². The lowest BCUT2D eigenvalue weighted by Crippen LogP contribution is -2.27. The Bertz CT molecular complexity index is 584. The van der Waals surface area contributed by atoms with E-state index in [9.17, 15) is 9.50 Å². The van der Waals surface area contributed by atoms with Crippen LogP contribution in [0.3, 0.4) is 0 Å². The van der Waals surface area contributed by atoms with Crippen molar-refractivity contribution in [1.29, 1.82) is 0 Å². The van der Waals surface area contributed by atoms with Crippen molar-refractivity contribution in [3.8, 4) is 11.5 Å². The number of rotatable bonds is 6. The summed E-state index contributed by atoms with van der Waals surface area (Å²) in [5.41, 5.74) is 1.87. The van der Waals surface area contributed by atoms with Gasteiger partial charge in [-0.2, -0.15) is 0 Å². The third kappa shape index (κ3) is 4.46. The van der Waals surface area contributed by atoms with E-state index in [1.165, 1.54) is 12.1 Å². The maximum absolute atomic E-state index is 12.9. The number of nitrogens with one attached hydrogen (secondary N) is 1. The van der Waals surface area contributed by atoms with Crippen LogP contribution in [0.1, 0.15) is 18.1 Å². The van der Waals surface area contributed by atoms with Crippen LogP contribution >= 0.6 is 0 Å². The van der Waals surface area contributed by atoms with Crippen molar-refractivity contribution in [3.63, 3.8) is 0 Å². The quantitative estimate of drug-likeness (QED) is 0.857. The van der Waals surface area contributed by atoms with E-state index >= 15 is 0 Å². The summed E-state index contributed by atoms with van der Waals surface area (Å²) in [7, 11) is 1.60. The summed E-state index contributed by atoms with van der Waals surface area (Å²) in [6.45, 7) is 2.60. The number of hydrogen-bond acceptors (Lipinski definition) is 3. The van der Waals surface area contributed by atoms with Crippen molar-refractivity contribution in [2.24, 2.45) is 0 Å². The predicted molar refractivity (Wildman–Crippen MR) is 81.1 cm³/mol. The van der Waals surface area contributed by atoms with E-state index in [4.69, 9.17) is 4.74 Å². The van der Waals surface area contributed by atoms with Crippen LogP contribution in [0.2, 0.25) is 0 Å². The third-order valence-electron chi connectivity index (χ3n) is 3.38. The van der Waals surface area contributed by atoms with E-state index in [1.807, 2.05) is 6.07 Å². The van der Waals surface area contributed by atoms with Gasteiger partial charge in [0.25, 0.3) is 0 Å². The molecule has 2 aromatic rings. The van der Waals surface area contributed by atoms with Crippen LogP contribution in [0.5, 0.6) is 11.5 Å². The van der Waals surface area contributed by atoms with E-state index in [1.54, 1.807) is 31.4 Å². The van der Waals surface area contributed by atoms with Crippen LogP contribution in [0.15, 0.2) is 42.5 Å². The van der Waals surface area contributed by atoms with Gasteiger partial charge in [-0.1, -0.05) is 12.1 Å². The lowest BCUT2D eigenvalue weighted by molar-refractivity contribution is 0.409. The molecule has 0 aliphatic heterocycles. The van der Waals surface area contributed by atoms with Gasteiger partial charge in [0.1, 0.15) is 17.3 Å². The largest absolute Gasteiger partial charge is 0.508 e. The first-order chi connectivity index (χ1) is 10.1. The van der Waals surface area contributed by atoms with Crippen LogP contribution in [-0.4, -0.2) is 18.3 Å². The molecule has 0 saturated carbocycles. The second-order valence-electron chi connectivity index (χ2n) is 5.11. The second kappa shape index (κ2) is 7.09. The molecular formula is C17H20FNO2. The zero-order valence-corrected chi connectivity index (χ0v) is 12.3. The van der Waals surface area contributed by atoms with E-state index in [-0.39, 0.29) is 17.6 Å². The smallest absolute Gasteiger partial charge is 0.123 e. The molecule has 0 aliphatic carbocycles. The molecule has 112 valence electrons. The minimum atomic E-state index is -0.222. The number of hydrogen-bond donors (Lipinski definition) is 2. The number of ether oxygens (including phenoxy) is 1. The summed E-state index contributed by atoms with van der Waals surface area (Å²) in [5, 5.41) is 13.2. The van der Waals surface area contributed by atoms with Crippen molar-refractivity contribution >= 4 is 0 Å². The molecule has 1 atom stereocenters. The van der Waals surface area contributed by atoms with Gasteiger partial charge in [-0.3, -0.25) is 0 Å². The molecular weight excluding hydrogens is 269 g/mol. The highest BCUT2D eigenvalue weighted by Gasteiger charge is 2.07. The first-order valence-electron chi connectivity index (χ1n) is 6.92. The highest BCUT2D eigenvalue weighted by Crippen LogP contribution is 2.22. The summed E-state index contributed by atoms with van der Waals surface area (Å²) >= 11 is 0. The Kier molecular flexibility index (Phi) is 5.17. The average Bonchev–Trinajstić information content (AvgIpc) is 2.49. The first kappa shape index (κ1) is 15.3. The van der Waals surface area contributed by atoms with Crippen molar-refractivity contribution < 1.29 is 14.2 Å². The van der Waals surface area contributed by atoms with Crippen molar-refractivity contribution in [2.75, 3.05) is 7.11 Å². The maximum atomic E-state index is 12.9. The number of aromatic hydroxyl groups is 1. The summed E-state index contributed by atoms with van der Waals surface area (Å²) in [5.74, 6) is 0.744. The number of halogens is 1. The molecule has 0 aliphatic rings. The Hall–Kier alpha value is -2.07. The Balaban J connectivity index is 1.91. The maximum Gasteiger partial charge on any atom is 0.123 e. The van der Waals surface area contributed by atoms with Gasteiger partial charge in [-0.05, 0) is 49.2 Å². The normalized spacial score (nSPS) is 12.1. The Morgan fingerprint density at radius 2 is 1.90 bits per heavy atom. The average molecular weight is 289 g/mol. The molecule has 21 heavy (non-hydrogen) atoms. The molecule has 0 heterocycles. The molecule has 3 nitrogen and oxygen atoms in total. The van der Waals surface area contributed by atoms with Crippen molar-refractivity contribution in [1.82, 2.24) is 5.32 Å². The predicted octanol–water partition coefficient (Wildman–Crippen LogP) is 3.26. The van der Waals surface area contributed by atoms with Gasteiger partial charge in [-0.15, -0.1) is 0 Å². The van der Waals surface area contributed by atoms with Gasteiger partial charge < -0.3 is 15.2 Å². The molecule has 4 heteroatoms. The van der Waals surface area contributed by atoms with Gasteiger partial charge in [0, 0.05) is 18.2 Å². The van der Waals surface area contributed by atoms with Gasteiger partial charge >= 0.3 is 0 Å². The topological polar surface area (TPSA) is 41.5 Å². The summed E-state index contributed by atoms with van der Waals surface area (Å²) in [6, 6.07) is 11.9. The fourth-order valence-corrected chi connectivity index (χ4v) is 2.16.